The smallest absolute Gasteiger partial charge is 0.439 e. The molecule has 0 aliphatic carbocycles. The molecule has 1 aromatic rings. The molecule has 0 bridgehead atoms. The number of carbonyl (C=O) groups excluding carboxylic acids is 1. The Morgan fingerprint density at radius 2 is 2.35 bits per heavy atom. The van der Waals surface area contributed by atoms with Gasteiger partial charge < -0.3 is 14.2 Å². The summed E-state index contributed by atoms with van der Waals surface area (Å²) in [7, 11) is 2.65. The molecule has 2 rings (SSSR count). The SMILES string of the molecule is COC(=O)n1nc(OC2CCOC2)n(C)c1=O. The standard InChI is InChI=1S/C9H13N3O5/c1-11-7(17-6-3-4-16-5-6)10-12(8(11)13)9(14)15-2/h6H,3-5H2,1-2H3. The lowest BCUT2D eigenvalue weighted by Crippen LogP contribution is -2.29. The monoisotopic (exact) mass is 243 g/mol. The summed E-state index contributed by atoms with van der Waals surface area (Å²) in [6, 6.07) is 0.0795. The van der Waals surface area contributed by atoms with Crippen molar-refractivity contribution in [1.82, 2.24) is 14.3 Å². The molecule has 8 nitrogen and oxygen atoms in total. The van der Waals surface area contributed by atoms with Gasteiger partial charge in [0.2, 0.25) is 0 Å². The first-order chi connectivity index (χ1) is 8.13. The average molecular weight is 243 g/mol. The average Bonchev–Trinajstić information content (AvgIpc) is 2.92. The second-order valence-electron chi connectivity index (χ2n) is 3.61. The van der Waals surface area contributed by atoms with Gasteiger partial charge in [-0.3, -0.25) is 0 Å². The number of carbonyl (C=O) groups is 1. The van der Waals surface area contributed by atoms with Crippen LogP contribution in [-0.4, -0.2) is 46.9 Å². The lowest BCUT2D eigenvalue weighted by Gasteiger charge is -2.08. The summed E-state index contributed by atoms with van der Waals surface area (Å²) in [6.45, 7) is 1.08. The fourth-order valence-electron chi connectivity index (χ4n) is 1.48. The molecule has 94 valence electrons. The molecule has 1 fully saturated rings. The van der Waals surface area contributed by atoms with E-state index in [9.17, 15) is 9.59 Å². The second kappa shape index (κ2) is 4.58. The van der Waals surface area contributed by atoms with E-state index in [1.54, 1.807) is 0 Å². The third-order valence-electron chi connectivity index (χ3n) is 2.45. The Labute approximate surface area is 96.7 Å². The van der Waals surface area contributed by atoms with Crippen molar-refractivity contribution in [2.45, 2.75) is 12.5 Å². The number of methoxy groups -OCH3 is 1. The van der Waals surface area contributed by atoms with Gasteiger partial charge in [0.1, 0.15) is 6.10 Å². The minimum atomic E-state index is -0.844. The van der Waals surface area contributed by atoms with Gasteiger partial charge in [0.15, 0.2) is 0 Å². The zero-order chi connectivity index (χ0) is 12.4. The highest BCUT2D eigenvalue weighted by Crippen LogP contribution is 2.12. The molecular weight excluding hydrogens is 230 g/mol. The van der Waals surface area contributed by atoms with Crippen molar-refractivity contribution >= 4 is 6.09 Å². The van der Waals surface area contributed by atoms with E-state index in [2.05, 4.69) is 9.84 Å². The Morgan fingerprint density at radius 3 is 2.94 bits per heavy atom. The number of nitrogens with zero attached hydrogens (tertiary/aromatic N) is 3. The van der Waals surface area contributed by atoms with E-state index >= 15 is 0 Å². The third-order valence-corrected chi connectivity index (χ3v) is 2.45. The molecule has 0 aromatic carbocycles. The van der Waals surface area contributed by atoms with Crippen molar-refractivity contribution in [2.24, 2.45) is 7.05 Å². The number of hydrogen-bond acceptors (Lipinski definition) is 6. The predicted molar refractivity (Wildman–Crippen MR) is 55.1 cm³/mol. The zero-order valence-corrected chi connectivity index (χ0v) is 9.58. The Hall–Kier alpha value is -1.83. The van der Waals surface area contributed by atoms with Gasteiger partial charge in [-0.1, -0.05) is 0 Å². The summed E-state index contributed by atoms with van der Waals surface area (Å²) >= 11 is 0. The van der Waals surface area contributed by atoms with Crippen LogP contribution in [0.1, 0.15) is 6.42 Å². The predicted octanol–water partition coefficient (Wildman–Crippen LogP) is -0.636. The van der Waals surface area contributed by atoms with Crippen molar-refractivity contribution in [2.75, 3.05) is 20.3 Å². The van der Waals surface area contributed by atoms with Crippen LogP contribution in [-0.2, 0) is 16.5 Å². The quantitative estimate of drug-likeness (QED) is 0.687. The lowest BCUT2D eigenvalue weighted by molar-refractivity contribution is 0.130. The maximum atomic E-state index is 11.6. The van der Waals surface area contributed by atoms with E-state index in [4.69, 9.17) is 9.47 Å². The summed E-state index contributed by atoms with van der Waals surface area (Å²) < 4.78 is 16.8. The first kappa shape index (κ1) is 11.6. The van der Waals surface area contributed by atoms with E-state index in [0.29, 0.717) is 17.9 Å². The van der Waals surface area contributed by atoms with Crippen molar-refractivity contribution in [3.8, 4) is 6.01 Å². The van der Waals surface area contributed by atoms with Gasteiger partial charge in [0, 0.05) is 13.5 Å². The number of rotatable bonds is 2. The van der Waals surface area contributed by atoms with Crippen LogP contribution in [0.5, 0.6) is 6.01 Å². The summed E-state index contributed by atoms with van der Waals surface area (Å²) in [5, 5.41) is 3.76. The van der Waals surface area contributed by atoms with Gasteiger partial charge in [-0.2, -0.15) is 0 Å². The fraction of sp³-hybridized carbons (Fsp3) is 0.667. The van der Waals surface area contributed by atoms with Crippen molar-refractivity contribution in [1.29, 1.82) is 0 Å². The van der Waals surface area contributed by atoms with E-state index < -0.39 is 11.8 Å². The largest absolute Gasteiger partial charge is 0.458 e. The van der Waals surface area contributed by atoms with Crippen molar-refractivity contribution < 1.29 is 19.0 Å². The van der Waals surface area contributed by atoms with Crippen LogP contribution >= 0.6 is 0 Å². The van der Waals surface area contributed by atoms with Crippen LogP contribution < -0.4 is 10.4 Å². The first-order valence-corrected chi connectivity index (χ1v) is 5.12. The molecule has 0 radical (unpaired) electrons. The van der Waals surface area contributed by atoms with Gasteiger partial charge >= 0.3 is 17.8 Å². The second-order valence-corrected chi connectivity index (χ2v) is 3.61. The van der Waals surface area contributed by atoms with Crippen LogP contribution in [0.25, 0.3) is 0 Å². The molecule has 2 heterocycles. The Bertz CT molecular complexity index is 471. The van der Waals surface area contributed by atoms with E-state index in [1.165, 1.54) is 14.2 Å². The van der Waals surface area contributed by atoms with Gasteiger partial charge in [-0.15, -0.1) is 9.78 Å². The first-order valence-electron chi connectivity index (χ1n) is 5.12. The summed E-state index contributed by atoms with van der Waals surface area (Å²) in [6.07, 6.45) is -0.246. The minimum absolute atomic E-state index is 0.0795. The minimum Gasteiger partial charge on any atom is -0.458 e. The Morgan fingerprint density at radius 1 is 1.59 bits per heavy atom. The van der Waals surface area contributed by atoms with Crippen LogP contribution in [0.4, 0.5) is 4.79 Å². The molecule has 0 spiro atoms. The van der Waals surface area contributed by atoms with Gasteiger partial charge in [-0.05, 0) is 0 Å². The highest BCUT2D eigenvalue weighted by atomic mass is 16.6. The topological polar surface area (TPSA) is 84.6 Å². The van der Waals surface area contributed by atoms with Crippen molar-refractivity contribution in [3.63, 3.8) is 0 Å². The molecule has 0 amide bonds. The molecule has 1 aromatic heterocycles. The summed E-state index contributed by atoms with van der Waals surface area (Å²) in [5.41, 5.74) is -0.606. The van der Waals surface area contributed by atoms with Crippen LogP contribution in [0.2, 0.25) is 0 Å². The molecule has 1 saturated heterocycles. The number of ether oxygens (including phenoxy) is 3. The number of hydrogen-bond donors (Lipinski definition) is 0. The molecule has 8 heteroatoms. The van der Waals surface area contributed by atoms with Crippen LogP contribution in [0.3, 0.4) is 0 Å². The molecule has 17 heavy (non-hydrogen) atoms. The molecule has 1 unspecified atom stereocenters. The van der Waals surface area contributed by atoms with Gasteiger partial charge in [-0.25, -0.2) is 14.2 Å². The maximum absolute atomic E-state index is 11.6. The molecular formula is C9H13N3O5. The van der Waals surface area contributed by atoms with E-state index in [0.717, 1.165) is 11.0 Å². The Balaban J connectivity index is 2.23. The maximum Gasteiger partial charge on any atom is 0.439 e. The van der Waals surface area contributed by atoms with E-state index in [1.807, 2.05) is 0 Å². The summed E-state index contributed by atoms with van der Waals surface area (Å²) in [5.74, 6) is 0. The normalized spacial score (nSPS) is 19.3. The van der Waals surface area contributed by atoms with Gasteiger partial charge in [0.05, 0.1) is 20.3 Å². The highest BCUT2D eigenvalue weighted by Gasteiger charge is 2.23. The molecule has 1 aliphatic rings. The fourth-order valence-corrected chi connectivity index (χ4v) is 1.48. The van der Waals surface area contributed by atoms with Crippen molar-refractivity contribution in [3.05, 3.63) is 10.5 Å². The van der Waals surface area contributed by atoms with Crippen LogP contribution in [0.15, 0.2) is 4.79 Å². The Kier molecular flexibility index (Phi) is 3.14. The van der Waals surface area contributed by atoms with Gasteiger partial charge in [0.25, 0.3) is 0 Å². The number of aromatic nitrogens is 3. The third kappa shape index (κ3) is 2.16. The van der Waals surface area contributed by atoms with Crippen LogP contribution in [0, 0.1) is 0 Å². The zero-order valence-electron chi connectivity index (χ0n) is 9.58. The van der Waals surface area contributed by atoms with E-state index in [-0.39, 0.29) is 12.1 Å². The molecule has 1 aliphatic heterocycles. The highest BCUT2D eigenvalue weighted by molar-refractivity contribution is 5.68. The molecule has 0 saturated carbocycles. The lowest BCUT2D eigenvalue weighted by atomic mass is 10.3. The summed E-state index contributed by atoms with van der Waals surface area (Å²) in [4.78, 5) is 22.8. The molecule has 1 atom stereocenters. The molecule has 0 N–H and O–H groups in total.